The van der Waals surface area contributed by atoms with Crippen molar-refractivity contribution in [3.05, 3.63) is 72.2 Å². The Bertz CT molecular complexity index is 1020. The lowest BCUT2D eigenvalue weighted by Crippen LogP contribution is -2.40. The minimum atomic E-state index is -0.368. The second kappa shape index (κ2) is 5.30. The Balaban J connectivity index is 1.64. The van der Waals surface area contributed by atoms with Gasteiger partial charge in [-0.2, -0.15) is 5.10 Å². The molecule has 8 heteroatoms. The fourth-order valence-electron chi connectivity index (χ4n) is 3.35. The number of amides is 1. The maximum Gasteiger partial charge on any atom is 0.292 e. The van der Waals surface area contributed by atoms with Crippen molar-refractivity contribution in [2.24, 2.45) is 0 Å². The molecule has 0 spiro atoms. The molecule has 1 N–H and O–H groups in total. The van der Waals surface area contributed by atoms with Gasteiger partial charge in [0, 0.05) is 24.9 Å². The number of H-pyrrole nitrogens is 1. The fourth-order valence-corrected chi connectivity index (χ4v) is 3.35. The van der Waals surface area contributed by atoms with E-state index in [2.05, 4.69) is 20.1 Å². The monoisotopic (exact) mass is 334 g/mol. The average molecular weight is 334 g/mol. The van der Waals surface area contributed by atoms with Gasteiger partial charge >= 0.3 is 0 Å². The highest BCUT2D eigenvalue weighted by atomic mass is 16.3. The summed E-state index contributed by atoms with van der Waals surface area (Å²) in [4.78, 5) is 26.1. The van der Waals surface area contributed by atoms with Crippen molar-refractivity contribution in [3.63, 3.8) is 0 Å². The fraction of sp³-hybridized carbons (Fsp3) is 0.176. The van der Waals surface area contributed by atoms with Crippen molar-refractivity contribution in [2.75, 3.05) is 6.54 Å². The summed E-state index contributed by atoms with van der Waals surface area (Å²) in [5.41, 5.74) is 3.59. The van der Waals surface area contributed by atoms with Crippen LogP contribution in [0.25, 0.3) is 5.52 Å². The van der Waals surface area contributed by atoms with Crippen molar-refractivity contribution in [3.8, 4) is 0 Å². The first kappa shape index (κ1) is 14.0. The van der Waals surface area contributed by atoms with Crippen LogP contribution in [-0.2, 0) is 6.42 Å². The molecule has 0 radical (unpaired) electrons. The molecule has 25 heavy (non-hydrogen) atoms. The zero-order chi connectivity index (χ0) is 16.8. The van der Waals surface area contributed by atoms with Crippen molar-refractivity contribution >= 4 is 11.4 Å². The maximum atomic E-state index is 12.9. The molecule has 0 aromatic carbocycles. The van der Waals surface area contributed by atoms with E-state index in [9.17, 15) is 4.79 Å². The third-order valence-corrected chi connectivity index (χ3v) is 4.50. The Hall–Kier alpha value is -3.42. The summed E-state index contributed by atoms with van der Waals surface area (Å²) in [5, 5.41) is 4.65. The molecule has 1 unspecified atom stereocenters. The molecule has 0 fully saturated rings. The van der Waals surface area contributed by atoms with Gasteiger partial charge in [-0.25, -0.2) is 14.5 Å². The van der Waals surface area contributed by atoms with Gasteiger partial charge in [0.05, 0.1) is 29.4 Å². The maximum absolute atomic E-state index is 12.9. The van der Waals surface area contributed by atoms with Crippen molar-refractivity contribution in [1.82, 2.24) is 29.5 Å². The number of nitrogens with one attached hydrogen (secondary N) is 1. The van der Waals surface area contributed by atoms with Gasteiger partial charge in [-0.3, -0.25) is 4.79 Å². The highest BCUT2D eigenvalue weighted by molar-refractivity contribution is 5.91. The van der Waals surface area contributed by atoms with Gasteiger partial charge in [0.2, 0.25) is 5.76 Å². The minimum Gasteiger partial charge on any atom is -0.438 e. The Morgan fingerprint density at radius 1 is 1.36 bits per heavy atom. The van der Waals surface area contributed by atoms with Crippen LogP contribution in [-0.4, -0.2) is 41.9 Å². The number of oxazole rings is 1. The first-order valence-corrected chi connectivity index (χ1v) is 7.97. The third kappa shape index (κ3) is 2.14. The first-order valence-electron chi connectivity index (χ1n) is 7.97. The molecule has 5 rings (SSSR count). The molecule has 8 nitrogen and oxygen atoms in total. The largest absolute Gasteiger partial charge is 0.438 e. The van der Waals surface area contributed by atoms with Crippen molar-refractivity contribution in [2.45, 2.75) is 12.5 Å². The average Bonchev–Trinajstić information content (AvgIpc) is 3.39. The summed E-state index contributed by atoms with van der Waals surface area (Å²) in [6.45, 7) is 0.549. The van der Waals surface area contributed by atoms with E-state index in [0.29, 0.717) is 13.0 Å². The number of aromatic nitrogens is 5. The lowest BCUT2D eigenvalue weighted by Gasteiger charge is -2.33. The molecule has 1 atom stereocenters. The number of rotatable bonds is 2. The second-order valence-corrected chi connectivity index (χ2v) is 5.92. The van der Waals surface area contributed by atoms with Gasteiger partial charge in [0.25, 0.3) is 5.91 Å². The van der Waals surface area contributed by atoms with Crippen LogP contribution in [0.15, 0.2) is 53.8 Å². The van der Waals surface area contributed by atoms with Gasteiger partial charge < -0.3 is 14.3 Å². The molecule has 0 bridgehead atoms. The number of fused-ring (bicyclic) bond motifs is 2. The third-order valence-electron chi connectivity index (χ3n) is 4.50. The lowest BCUT2D eigenvalue weighted by molar-refractivity contribution is 0.0654. The Morgan fingerprint density at radius 3 is 3.16 bits per heavy atom. The minimum absolute atomic E-state index is 0.215. The van der Waals surface area contributed by atoms with Crippen LogP contribution in [0, 0.1) is 0 Å². The topological polar surface area (TPSA) is 92.3 Å². The molecular weight excluding hydrogens is 320 g/mol. The van der Waals surface area contributed by atoms with E-state index in [4.69, 9.17) is 4.42 Å². The van der Waals surface area contributed by atoms with Crippen molar-refractivity contribution in [1.29, 1.82) is 0 Å². The summed E-state index contributed by atoms with van der Waals surface area (Å²) >= 11 is 0. The smallest absolute Gasteiger partial charge is 0.292 e. The van der Waals surface area contributed by atoms with Crippen LogP contribution >= 0.6 is 0 Å². The summed E-state index contributed by atoms with van der Waals surface area (Å²) in [7, 11) is 0. The van der Waals surface area contributed by atoms with Crippen LogP contribution < -0.4 is 0 Å². The quantitative estimate of drug-likeness (QED) is 0.604. The number of nitrogens with zero attached hydrogens (tertiary/aromatic N) is 5. The molecule has 4 aromatic rings. The summed E-state index contributed by atoms with van der Waals surface area (Å²) < 4.78 is 7.00. The van der Waals surface area contributed by atoms with Crippen LogP contribution in [0.3, 0.4) is 0 Å². The Morgan fingerprint density at radius 2 is 2.32 bits per heavy atom. The van der Waals surface area contributed by atoms with Gasteiger partial charge in [0.1, 0.15) is 6.04 Å². The van der Waals surface area contributed by atoms with E-state index in [1.807, 2.05) is 30.5 Å². The standard InChI is InChI=1S/C17H14N6O2/c24-17(14-8-18-10-25-14)22-6-4-12-15(20-9-19-12)16(22)13-7-11-3-1-2-5-23(11)21-13/h1-3,5,7-10,16H,4,6H2,(H,19,20). The number of pyridine rings is 1. The van der Waals surface area contributed by atoms with Crippen molar-refractivity contribution < 1.29 is 9.21 Å². The van der Waals surface area contributed by atoms with E-state index in [-0.39, 0.29) is 17.7 Å². The van der Waals surface area contributed by atoms with E-state index in [0.717, 1.165) is 22.6 Å². The Labute approximate surface area is 142 Å². The molecule has 124 valence electrons. The van der Waals surface area contributed by atoms with Gasteiger partial charge in [-0.1, -0.05) is 6.07 Å². The molecule has 4 aromatic heterocycles. The number of aromatic amines is 1. The lowest BCUT2D eigenvalue weighted by atomic mass is 9.99. The predicted molar refractivity (Wildman–Crippen MR) is 86.9 cm³/mol. The van der Waals surface area contributed by atoms with E-state index in [1.54, 1.807) is 15.7 Å². The molecular formula is C17H14N6O2. The van der Waals surface area contributed by atoms with E-state index in [1.165, 1.54) is 12.6 Å². The van der Waals surface area contributed by atoms with E-state index >= 15 is 0 Å². The first-order chi connectivity index (χ1) is 12.3. The molecule has 0 aliphatic carbocycles. The molecule has 0 saturated heterocycles. The van der Waals surface area contributed by atoms with Crippen LogP contribution in [0.5, 0.6) is 0 Å². The number of carbonyl (C=O) groups excluding carboxylic acids is 1. The molecule has 1 aliphatic rings. The van der Waals surface area contributed by atoms with Crippen LogP contribution in [0.1, 0.15) is 33.7 Å². The molecule has 1 aliphatic heterocycles. The zero-order valence-corrected chi connectivity index (χ0v) is 13.2. The normalized spacial score (nSPS) is 17.0. The number of carbonyl (C=O) groups is 1. The zero-order valence-electron chi connectivity index (χ0n) is 13.2. The molecule has 0 saturated carbocycles. The SMILES string of the molecule is O=C(c1cnco1)N1CCc2[nH]cnc2C1c1cc2ccccn2n1. The Kier molecular flexibility index (Phi) is 2.96. The summed E-state index contributed by atoms with van der Waals surface area (Å²) in [6.07, 6.45) is 6.95. The summed E-state index contributed by atoms with van der Waals surface area (Å²) in [6, 6.07) is 7.47. The van der Waals surface area contributed by atoms with Crippen LogP contribution in [0.4, 0.5) is 0 Å². The number of imidazole rings is 1. The number of hydrogen-bond donors (Lipinski definition) is 1. The van der Waals surface area contributed by atoms with E-state index < -0.39 is 0 Å². The highest BCUT2D eigenvalue weighted by Gasteiger charge is 2.37. The molecule has 5 heterocycles. The van der Waals surface area contributed by atoms with Gasteiger partial charge in [-0.05, 0) is 18.2 Å². The molecule has 1 amide bonds. The van der Waals surface area contributed by atoms with Crippen LogP contribution in [0.2, 0.25) is 0 Å². The highest BCUT2D eigenvalue weighted by Crippen LogP contribution is 2.34. The predicted octanol–water partition coefficient (Wildman–Crippen LogP) is 1.83. The number of hydrogen-bond acceptors (Lipinski definition) is 5. The van der Waals surface area contributed by atoms with Gasteiger partial charge in [0.15, 0.2) is 6.39 Å². The second-order valence-electron chi connectivity index (χ2n) is 5.92. The van der Waals surface area contributed by atoms with Gasteiger partial charge in [-0.15, -0.1) is 0 Å². The summed E-state index contributed by atoms with van der Waals surface area (Å²) in [5.74, 6) is 0.000885.